The Balaban J connectivity index is 2.03. The SMILES string of the molecule is CCCCCCCCCCCc1nc(N)nc(=O)[nH]1. The zero-order valence-corrected chi connectivity index (χ0v) is 12.0. The van der Waals surface area contributed by atoms with Crippen LogP contribution in [0, 0.1) is 0 Å². The second-order valence-electron chi connectivity index (χ2n) is 5.04. The number of anilines is 1. The summed E-state index contributed by atoms with van der Waals surface area (Å²) in [5, 5.41) is 0. The predicted octanol–water partition coefficient (Wildman–Crippen LogP) is 2.82. The molecule has 0 spiro atoms. The zero-order chi connectivity index (χ0) is 13.9. The molecule has 108 valence electrons. The minimum absolute atomic E-state index is 0.0645. The van der Waals surface area contributed by atoms with Gasteiger partial charge in [0.15, 0.2) is 0 Å². The molecule has 3 N–H and O–H groups in total. The summed E-state index contributed by atoms with van der Waals surface area (Å²) in [4.78, 5) is 21.2. The van der Waals surface area contributed by atoms with Gasteiger partial charge in [-0.15, -0.1) is 0 Å². The monoisotopic (exact) mass is 266 g/mol. The smallest absolute Gasteiger partial charge is 0.349 e. The van der Waals surface area contributed by atoms with E-state index in [1.165, 1.54) is 51.4 Å². The third-order valence-corrected chi connectivity index (χ3v) is 3.23. The van der Waals surface area contributed by atoms with E-state index in [2.05, 4.69) is 21.9 Å². The Morgan fingerprint density at radius 1 is 0.947 bits per heavy atom. The summed E-state index contributed by atoms with van der Waals surface area (Å²) in [6.45, 7) is 2.24. The second kappa shape index (κ2) is 9.53. The van der Waals surface area contributed by atoms with E-state index in [4.69, 9.17) is 5.73 Å². The maximum Gasteiger partial charge on any atom is 0.349 e. The molecule has 19 heavy (non-hydrogen) atoms. The minimum atomic E-state index is -0.404. The number of nitrogens with zero attached hydrogens (tertiary/aromatic N) is 2. The quantitative estimate of drug-likeness (QED) is 0.638. The van der Waals surface area contributed by atoms with Crippen LogP contribution in [0.1, 0.15) is 70.5 Å². The average Bonchev–Trinajstić information content (AvgIpc) is 2.36. The maximum absolute atomic E-state index is 11.1. The second-order valence-corrected chi connectivity index (χ2v) is 5.04. The van der Waals surface area contributed by atoms with Crippen molar-refractivity contribution in [3.8, 4) is 0 Å². The Kier molecular flexibility index (Phi) is 7.86. The molecule has 0 saturated heterocycles. The van der Waals surface area contributed by atoms with Crippen molar-refractivity contribution in [2.24, 2.45) is 0 Å². The number of nitrogens with two attached hydrogens (primary N) is 1. The number of nitrogens with one attached hydrogen (secondary N) is 1. The van der Waals surface area contributed by atoms with Crippen molar-refractivity contribution in [3.05, 3.63) is 16.3 Å². The van der Waals surface area contributed by atoms with Crippen LogP contribution in [0.5, 0.6) is 0 Å². The third kappa shape index (κ3) is 7.59. The molecule has 0 radical (unpaired) electrons. The molecule has 0 aliphatic carbocycles. The Labute approximate surface area is 115 Å². The molecular formula is C14H26N4O. The molecule has 0 amide bonds. The van der Waals surface area contributed by atoms with Crippen LogP contribution in [0.25, 0.3) is 0 Å². The van der Waals surface area contributed by atoms with Gasteiger partial charge in [0.25, 0.3) is 0 Å². The zero-order valence-electron chi connectivity index (χ0n) is 12.0. The fourth-order valence-electron chi connectivity index (χ4n) is 2.17. The van der Waals surface area contributed by atoms with Gasteiger partial charge in [0.1, 0.15) is 5.82 Å². The van der Waals surface area contributed by atoms with Crippen LogP contribution in [0.3, 0.4) is 0 Å². The van der Waals surface area contributed by atoms with Gasteiger partial charge < -0.3 is 5.73 Å². The first kappa shape index (κ1) is 15.7. The van der Waals surface area contributed by atoms with E-state index in [0.29, 0.717) is 5.82 Å². The molecule has 0 fully saturated rings. The van der Waals surface area contributed by atoms with E-state index < -0.39 is 5.69 Å². The number of rotatable bonds is 10. The van der Waals surface area contributed by atoms with Crippen molar-refractivity contribution in [1.29, 1.82) is 0 Å². The lowest BCUT2D eigenvalue weighted by Gasteiger charge is -2.02. The molecule has 0 aromatic carbocycles. The normalized spacial score (nSPS) is 10.8. The van der Waals surface area contributed by atoms with E-state index in [-0.39, 0.29) is 5.95 Å². The Morgan fingerprint density at radius 3 is 2.11 bits per heavy atom. The number of aryl methyl sites for hydroxylation is 1. The summed E-state index contributed by atoms with van der Waals surface area (Å²) < 4.78 is 0. The Hall–Kier alpha value is -1.39. The lowest BCUT2D eigenvalue weighted by atomic mass is 10.1. The molecule has 5 nitrogen and oxygen atoms in total. The van der Waals surface area contributed by atoms with Gasteiger partial charge in [-0.05, 0) is 6.42 Å². The molecule has 1 aromatic rings. The number of H-pyrrole nitrogens is 1. The highest BCUT2D eigenvalue weighted by Crippen LogP contribution is 2.10. The number of hydrogen-bond donors (Lipinski definition) is 2. The van der Waals surface area contributed by atoms with Gasteiger partial charge in [0.2, 0.25) is 5.95 Å². The van der Waals surface area contributed by atoms with E-state index in [9.17, 15) is 4.79 Å². The molecule has 1 aromatic heterocycles. The molecule has 0 aliphatic rings. The summed E-state index contributed by atoms with van der Waals surface area (Å²) in [7, 11) is 0. The lowest BCUT2D eigenvalue weighted by Crippen LogP contribution is -2.17. The van der Waals surface area contributed by atoms with Crippen molar-refractivity contribution in [2.75, 3.05) is 5.73 Å². The third-order valence-electron chi connectivity index (χ3n) is 3.23. The van der Waals surface area contributed by atoms with Crippen LogP contribution in [-0.4, -0.2) is 15.0 Å². The number of unbranched alkanes of at least 4 members (excludes halogenated alkanes) is 8. The molecule has 0 aliphatic heterocycles. The van der Waals surface area contributed by atoms with Gasteiger partial charge >= 0.3 is 5.69 Å². The number of aromatic nitrogens is 3. The summed E-state index contributed by atoms with van der Waals surface area (Å²) >= 11 is 0. The molecule has 1 rings (SSSR count). The van der Waals surface area contributed by atoms with Gasteiger partial charge in [-0.1, -0.05) is 58.3 Å². The van der Waals surface area contributed by atoms with Crippen molar-refractivity contribution < 1.29 is 0 Å². The first-order valence-electron chi connectivity index (χ1n) is 7.45. The van der Waals surface area contributed by atoms with Crippen LogP contribution < -0.4 is 11.4 Å². The molecular weight excluding hydrogens is 240 g/mol. The van der Waals surface area contributed by atoms with E-state index >= 15 is 0 Å². The van der Waals surface area contributed by atoms with Crippen molar-refractivity contribution in [2.45, 2.75) is 71.1 Å². The highest BCUT2D eigenvalue weighted by molar-refractivity contribution is 5.12. The topological polar surface area (TPSA) is 84.7 Å². The van der Waals surface area contributed by atoms with Crippen LogP contribution in [0.4, 0.5) is 5.95 Å². The standard InChI is InChI=1S/C14H26N4O/c1-2-3-4-5-6-7-8-9-10-11-12-16-13(15)18-14(19)17-12/h2-11H2,1H3,(H3,15,16,17,18,19). The van der Waals surface area contributed by atoms with E-state index in [0.717, 1.165) is 12.8 Å². The van der Waals surface area contributed by atoms with Gasteiger partial charge in [0.05, 0.1) is 0 Å². The van der Waals surface area contributed by atoms with Crippen molar-refractivity contribution in [3.63, 3.8) is 0 Å². The molecule has 5 heteroatoms. The first-order valence-corrected chi connectivity index (χ1v) is 7.45. The van der Waals surface area contributed by atoms with Crippen molar-refractivity contribution in [1.82, 2.24) is 15.0 Å². The summed E-state index contributed by atoms with van der Waals surface area (Å²) in [6.07, 6.45) is 12.3. The Morgan fingerprint density at radius 2 is 1.53 bits per heavy atom. The lowest BCUT2D eigenvalue weighted by molar-refractivity contribution is 0.561. The fourth-order valence-corrected chi connectivity index (χ4v) is 2.17. The fraction of sp³-hybridized carbons (Fsp3) is 0.786. The van der Waals surface area contributed by atoms with Gasteiger partial charge in [-0.25, -0.2) is 4.79 Å². The van der Waals surface area contributed by atoms with Crippen LogP contribution in [0.2, 0.25) is 0 Å². The summed E-state index contributed by atoms with van der Waals surface area (Å²) in [6, 6.07) is 0. The number of hydrogen-bond acceptors (Lipinski definition) is 4. The molecule has 0 bridgehead atoms. The van der Waals surface area contributed by atoms with Crippen LogP contribution >= 0.6 is 0 Å². The number of aromatic amines is 1. The number of nitrogen functional groups attached to an aromatic ring is 1. The van der Waals surface area contributed by atoms with Crippen LogP contribution in [0.15, 0.2) is 4.79 Å². The van der Waals surface area contributed by atoms with E-state index in [1.807, 2.05) is 0 Å². The van der Waals surface area contributed by atoms with Crippen molar-refractivity contribution >= 4 is 5.95 Å². The van der Waals surface area contributed by atoms with Crippen LogP contribution in [-0.2, 0) is 6.42 Å². The van der Waals surface area contributed by atoms with E-state index in [1.54, 1.807) is 0 Å². The largest absolute Gasteiger partial charge is 0.368 e. The minimum Gasteiger partial charge on any atom is -0.368 e. The highest BCUT2D eigenvalue weighted by atomic mass is 16.1. The van der Waals surface area contributed by atoms with Gasteiger partial charge in [0, 0.05) is 6.42 Å². The first-order chi connectivity index (χ1) is 9.22. The molecule has 0 unspecified atom stereocenters. The van der Waals surface area contributed by atoms with Gasteiger partial charge in [-0.3, -0.25) is 4.98 Å². The van der Waals surface area contributed by atoms with Gasteiger partial charge in [-0.2, -0.15) is 9.97 Å². The summed E-state index contributed by atoms with van der Waals surface area (Å²) in [5.41, 5.74) is 5.02. The maximum atomic E-state index is 11.1. The molecule has 1 heterocycles. The Bertz CT molecular complexity index is 403. The summed E-state index contributed by atoms with van der Waals surface area (Å²) in [5.74, 6) is 0.718. The highest BCUT2D eigenvalue weighted by Gasteiger charge is 1.99. The molecule has 0 atom stereocenters. The average molecular weight is 266 g/mol. The predicted molar refractivity (Wildman–Crippen MR) is 78.0 cm³/mol. The molecule has 0 saturated carbocycles.